The largest absolute Gasteiger partial charge is 0.497 e. The number of hydrogen-bond acceptors (Lipinski definition) is 5. The fraction of sp³-hybridized carbons (Fsp3) is 0.286. The number of carbonyl (C=O) groups excluding carboxylic acids is 3. The van der Waals surface area contributed by atoms with Gasteiger partial charge in [0.2, 0.25) is 0 Å². The van der Waals surface area contributed by atoms with Crippen LogP contribution in [0.3, 0.4) is 0 Å². The molecule has 28 heavy (non-hydrogen) atoms. The fourth-order valence-electron chi connectivity index (χ4n) is 2.45. The first kappa shape index (κ1) is 21.0. The minimum Gasteiger partial charge on any atom is -0.497 e. The number of amides is 2. The Morgan fingerprint density at radius 3 is 2.21 bits per heavy atom. The van der Waals surface area contributed by atoms with Gasteiger partial charge in [0.15, 0.2) is 6.10 Å². The molecule has 0 saturated heterocycles. The molecule has 0 radical (unpaired) electrons. The number of carbonyl (C=O) groups is 3. The summed E-state index contributed by atoms with van der Waals surface area (Å²) in [6.45, 7) is 2.99. The second-order valence-corrected chi connectivity index (χ2v) is 6.18. The molecule has 2 aromatic rings. The van der Waals surface area contributed by atoms with Crippen LogP contribution in [0.15, 0.2) is 54.6 Å². The summed E-state index contributed by atoms with van der Waals surface area (Å²) >= 11 is 0. The molecular formula is C21H24N2O5. The van der Waals surface area contributed by atoms with Crippen molar-refractivity contribution in [1.82, 2.24) is 10.6 Å². The van der Waals surface area contributed by atoms with E-state index >= 15 is 0 Å². The monoisotopic (exact) mass is 384 g/mol. The predicted molar refractivity (Wildman–Crippen MR) is 104 cm³/mol. The maximum atomic E-state index is 12.2. The average molecular weight is 384 g/mol. The van der Waals surface area contributed by atoms with E-state index in [4.69, 9.17) is 9.47 Å². The van der Waals surface area contributed by atoms with Gasteiger partial charge in [-0.3, -0.25) is 14.4 Å². The Morgan fingerprint density at radius 1 is 0.964 bits per heavy atom. The molecule has 2 aromatic carbocycles. The number of hydrogen-bond donors (Lipinski definition) is 2. The van der Waals surface area contributed by atoms with Crippen LogP contribution in [0.1, 0.15) is 35.8 Å². The van der Waals surface area contributed by atoms with Gasteiger partial charge in [0.1, 0.15) is 12.3 Å². The topological polar surface area (TPSA) is 93.7 Å². The fourth-order valence-corrected chi connectivity index (χ4v) is 2.45. The third-order valence-corrected chi connectivity index (χ3v) is 4.08. The van der Waals surface area contributed by atoms with Crippen molar-refractivity contribution in [2.24, 2.45) is 0 Å². The highest BCUT2D eigenvalue weighted by Gasteiger charge is 2.20. The smallest absolute Gasteiger partial charge is 0.326 e. The summed E-state index contributed by atoms with van der Waals surface area (Å²) in [7, 11) is 1.53. The number of methoxy groups -OCH3 is 1. The Labute approximate surface area is 164 Å². The molecule has 7 heteroatoms. The number of rotatable bonds is 8. The van der Waals surface area contributed by atoms with E-state index in [1.807, 2.05) is 37.3 Å². The van der Waals surface area contributed by atoms with Gasteiger partial charge in [-0.2, -0.15) is 0 Å². The summed E-state index contributed by atoms with van der Waals surface area (Å²) in [4.78, 5) is 36.1. The third kappa shape index (κ3) is 6.12. The summed E-state index contributed by atoms with van der Waals surface area (Å²) in [6.07, 6.45) is -0.975. The molecule has 0 bridgehead atoms. The molecule has 2 atom stereocenters. The van der Waals surface area contributed by atoms with Crippen molar-refractivity contribution in [2.45, 2.75) is 26.0 Å². The van der Waals surface area contributed by atoms with Crippen LogP contribution in [0, 0.1) is 0 Å². The summed E-state index contributed by atoms with van der Waals surface area (Å²) < 4.78 is 10.1. The van der Waals surface area contributed by atoms with Crippen molar-refractivity contribution in [1.29, 1.82) is 0 Å². The van der Waals surface area contributed by atoms with Gasteiger partial charge in [-0.1, -0.05) is 30.3 Å². The van der Waals surface area contributed by atoms with Crippen molar-refractivity contribution < 1.29 is 23.9 Å². The molecule has 0 aliphatic heterocycles. The summed E-state index contributed by atoms with van der Waals surface area (Å²) in [5.41, 5.74) is 1.33. The standard InChI is InChI=1S/C21H24N2O5/c1-14(16-7-5-4-6-8-16)23-20(25)15(2)28-19(24)13-22-21(26)17-9-11-18(27-3)12-10-17/h4-12,14-15H,13H2,1-3H3,(H,22,26)(H,23,25). The lowest BCUT2D eigenvalue weighted by atomic mass is 10.1. The first-order chi connectivity index (χ1) is 13.4. The van der Waals surface area contributed by atoms with Crippen molar-refractivity contribution in [3.05, 3.63) is 65.7 Å². The molecule has 2 amide bonds. The van der Waals surface area contributed by atoms with E-state index in [1.54, 1.807) is 24.3 Å². The Hall–Kier alpha value is -3.35. The molecule has 2 rings (SSSR count). The Morgan fingerprint density at radius 2 is 1.61 bits per heavy atom. The summed E-state index contributed by atoms with van der Waals surface area (Å²) in [6, 6.07) is 15.7. The zero-order chi connectivity index (χ0) is 20.5. The molecule has 2 unspecified atom stereocenters. The van der Waals surface area contributed by atoms with Gasteiger partial charge in [0.25, 0.3) is 11.8 Å². The van der Waals surface area contributed by atoms with Crippen LogP contribution in [0.4, 0.5) is 0 Å². The molecule has 2 N–H and O–H groups in total. The van der Waals surface area contributed by atoms with Crippen LogP contribution < -0.4 is 15.4 Å². The van der Waals surface area contributed by atoms with E-state index in [2.05, 4.69) is 10.6 Å². The van der Waals surface area contributed by atoms with E-state index in [-0.39, 0.29) is 12.6 Å². The molecule has 0 saturated carbocycles. The van der Waals surface area contributed by atoms with E-state index in [9.17, 15) is 14.4 Å². The molecular weight excluding hydrogens is 360 g/mol. The van der Waals surface area contributed by atoms with Gasteiger partial charge < -0.3 is 20.1 Å². The van der Waals surface area contributed by atoms with Gasteiger partial charge in [0, 0.05) is 5.56 Å². The minimum atomic E-state index is -0.975. The number of ether oxygens (including phenoxy) is 2. The highest BCUT2D eigenvalue weighted by atomic mass is 16.5. The highest BCUT2D eigenvalue weighted by Crippen LogP contribution is 2.12. The number of esters is 1. The van der Waals surface area contributed by atoms with E-state index in [0.29, 0.717) is 11.3 Å². The first-order valence-electron chi connectivity index (χ1n) is 8.87. The Balaban J connectivity index is 1.78. The molecule has 7 nitrogen and oxygen atoms in total. The lowest BCUT2D eigenvalue weighted by Crippen LogP contribution is -2.39. The van der Waals surface area contributed by atoms with Crippen LogP contribution in [0.2, 0.25) is 0 Å². The normalized spacial score (nSPS) is 12.4. The second-order valence-electron chi connectivity index (χ2n) is 6.18. The van der Waals surface area contributed by atoms with E-state index < -0.39 is 23.9 Å². The van der Waals surface area contributed by atoms with Crippen molar-refractivity contribution >= 4 is 17.8 Å². The van der Waals surface area contributed by atoms with Crippen LogP contribution in [-0.2, 0) is 14.3 Å². The number of nitrogens with one attached hydrogen (secondary N) is 2. The summed E-state index contributed by atoms with van der Waals surface area (Å²) in [5, 5.41) is 5.25. The second kappa shape index (κ2) is 10.1. The first-order valence-corrected chi connectivity index (χ1v) is 8.87. The van der Waals surface area contributed by atoms with Crippen molar-refractivity contribution in [3.8, 4) is 5.75 Å². The highest BCUT2D eigenvalue weighted by molar-refractivity contribution is 5.96. The maximum absolute atomic E-state index is 12.2. The third-order valence-electron chi connectivity index (χ3n) is 4.08. The molecule has 0 spiro atoms. The van der Waals surface area contributed by atoms with Crippen molar-refractivity contribution in [3.63, 3.8) is 0 Å². The molecule has 0 aliphatic rings. The van der Waals surface area contributed by atoms with Crippen molar-refractivity contribution in [2.75, 3.05) is 13.7 Å². The van der Waals surface area contributed by atoms with Crippen LogP contribution >= 0.6 is 0 Å². The molecule has 0 aromatic heterocycles. The molecule has 148 valence electrons. The number of benzene rings is 2. The van der Waals surface area contributed by atoms with E-state index in [0.717, 1.165) is 5.56 Å². The average Bonchev–Trinajstić information content (AvgIpc) is 2.72. The maximum Gasteiger partial charge on any atom is 0.326 e. The van der Waals surface area contributed by atoms with Gasteiger partial charge in [-0.25, -0.2) is 0 Å². The van der Waals surface area contributed by atoms with Gasteiger partial charge in [0.05, 0.1) is 13.2 Å². The molecule has 0 fully saturated rings. The van der Waals surface area contributed by atoms with Gasteiger partial charge >= 0.3 is 5.97 Å². The van der Waals surface area contributed by atoms with Crippen LogP contribution in [0.5, 0.6) is 5.75 Å². The zero-order valence-electron chi connectivity index (χ0n) is 16.1. The molecule has 0 heterocycles. The molecule has 0 aliphatic carbocycles. The minimum absolute atomic E-state index is 0.218. The van der Waals surface area contributed by atoms with E-state index in [1.165, 1.54) is 14.0 Å². The lowest BCUT2D eigenvalue weighted by molar-refractivity contribution is -0.154. The lowest BCUT2D eigenvalue weighted by Gasteiger charge is -2.18. The Bertz CT molecular complexity index is 805. The van der Waals surface area contributed by atoms with Gasteiger partial charge in [-0.05, 0) is 43.7 Å². The summed E-state index contributed by atoms with van der Waals surface area (Å²) in [5.74, 6) is -0.905. The van der Waals surface area contributed by atoms with Gasteiger partial charge in [-0.15, -0.1) is 0 Å². The quantitative estimate of drug-likeness (QED) is 0.681. The van der Waals surface area contributed by atoms with Crippen LogP contribution in [0.25, 0.3) is 0 Å². The SMILES string of the molecule is COc1ccc(C(=O)NCC(=O)OC(C)C(=O)NC(C)c2ccccc2)cc1. The predicted octanol–water partition coefficient (Wildman–Crippen LogP) is 2.23. The van der Waals surface area contributed by atoms with Crippen LogP contribution in [-0.4, -0.2) is 37.5 Å². The zero-order valence-corrected chi connectivity index (χ0v) is 16.1. The Kier molecular flexibility index (Phi) is 7.56.